The molecule has 0 bridgehead atoms. The van der Waals surface area contributed by atoms with Gasteiger partial charge in [0.15, 0.2) is 6.17 Å². The van der Waals surface area contributed by atoms with Gasteiger partial charge in [0.05, 0.1) is 18.9 Å². The van der Waals surface area contributed by atoms with Crippen LogP contribution in [0, 0.1) is 11.6 Å². The van der Waals surface area contributed by atoms with Crippen molar-refractivity contribution in [2.75, 3.05) is 4.90 Å². The predicted octanol–water partition coefficient (Wildman–Crippen LogP) is 4.75. The lowest BCUT2D eigenvalue weighted by Crippen LogP contribution is -2.38. The maximum absolute atomic E-state index is 15.0. The number of allylic oxidation sites excluding steroid dienone is 1. The maximum Gasteiger partial charge on any atom is 0.153 e. The minimum Gasteiger partial charge on any atom is -0.394 e. The number of hydrogen-bond acceptors (Lipinski definition) is 5. The van der Waals surface area contributed by atoms with Crippen LogP contribution in [0.4, 0.5) is 14.5 Å². The Bertz CT molecular complexity index is 1160. The fraction of sp³-hybridized carbons (Fsp3) is 0.160. The topological polar surface area (TPSA) is 76.9 Å². The normalized spacial score (nSPS) is 16.3. The fourth-order valence-electron chi connectivity index (χ4n) is 3.61. The molecule has 0 amide bonds. The third-order valence-electron chi connectivity index (χ3n) is 5.39. The van der Waals surface area contributed by atoms with Crippen LogP contribution in [-0.2, 0) is 18.0 Å². The van der Waals surface area contributed by atoms with Gasteiger partial charge in [0.2, 0.25) is 0 Å². The highest BCUT2D eigenvalue weighted by atomic mass is 19.1. The second-order valence-electron chi connectivity index (χ2n) is 7.56. The molecule has 32 heavy (non-hydrogen) atoms. The van der Waals surface area contributed by atoms with Crippen molar-refractivity contribution in [3.63, 3.8) is 0 Å². The van der Waals surface area contributed by atoms with Crippen LogP contribution in [0.15, 0.2) is 89.2 Å². The van der Waals surface area contributed by atoms with E-state index in [4.69, 9.17) is 16.2 Å². The number of aliphatic imine (C=N–C) groups is 1. The third kappa shape index (κ3) is 4.48. The van der Waals surface area contributed by atoms with Crippen molar-refractivity contribution < 1.29 is 13.5 Å². The summed E-state index contributed by atoms with van der Waals surface area (Å²) < 4.78 is 34.1. The summed E-state index contributed by atoms with van der Waals surface area (Å²) in [5.74, 6) is -0.562. The Morgan fingerprint density at radius 1 is 0.938 bits per heavy atom. The number of halogens is 2. The number of benzene rings is 3. The van der Waals surface area contributed by atoms with Crippen LogP contribution in [0.1, 0.15) is 29.8 Å². The number of hydrogen-bond donors (Lipinski definition) is 2. The summed E-state index contributed by atoms with van der Waals surface area (Å²) in [4.78, 5) is 6.26. The Kier molecular flexibility index (Phi) is 6.18. The average Bonchev–Trinajstić information content (AvgIpc) is 2.80. The summed E-state index contributed by atoms with van der Waals surface area (Å²) in [5.41, 5.74) is 15.8. The summed E-state index contributed by atoms with van der Waals surface area (Å²) in [5, 5.41) is 0. The minimum atomic E-state index is -0.595. The molecule has 0 spiro atoms. The van der Waals surface area contributed by atoms with Gasteiger partial charge in [-0.1, -0.05) is 48.5 Å². The van der Waals surface area contributed by atoms with Crippen LogP contribution in [0.2, 0.25) is 0 Å². The van der Waals surface area contributed by atoms with E-state index in [1.165, 1.54) is 18.2 Å². The average molecular weight is 434 g/mol. The van der Waals surface area contributed by atoms with Crippen molar-refractivity contribution in [2.45, 2.75) is 26.3 Å². The van der Waals surface area contributed by atoms with Crippen molar-refractivity contribution in [3.8, 4) is 0 Å². The number of nitrogens with two attached hydrogens (primary N) is 2. The number of ether oxygens (including phenoxy) is 1. The molecule has 1 unspecified atom stereocenters. The molecule has 1 atom stereocenters. The molecule has 5 nitrogen and oxygen atoms in total. The van der Waals surface area contributed by atoms with Crippen LogP contribution in [0.25, 0.3) is 0 Å². The molecular formula is C25H24F2N4O. The van der Waals surface area contributed by atoms with Gasteiger partial charge in [-0.05, 0) is 42.3 Å². The molecule has 0 saturated carbocycles. The second-order valence-corrected chi connectivity index (χ2v) is 7.56. The first kappa shape index (κ1) is 21.5. The van der Waals surface area contributed by atoms with Crippen molar-refractivity contribution in [3.05, 3.63) is 113 Å². The summed E-state index contributed by atoms with van der Waals surface area (Å²) in [6, 6.07) is 20.6. The highest BCUT2D eigenvalue weighted by molar-refractivity contribution is 5.98. The van der Waals surface area contributed by atoms with Crippen LogP contribution in [0.5, 0.6) is 0 Å². The number of rotatable bonds is 6. The van der Waals surface area contributed by atoms with E-state index in [1.54, 1.807) is 36.1 Å². The Hall–Kier alpha value is -3.71. The van der Waals surface area contributed by atoms with E-state index in [0.29, 0.717) is 34.8 Å². The Labute approximate surface area is 185 Å². The standard InChI is InChI=1S/C25H24F2N4O/c1-16-23(28)24(29)30-25(18-7-10-20(26)11-8-18)31(16)21-12-9-19(22(27)13-21)15-32-14-17-5-3-2-4-6-17/h2-13,25H,14-15,28H2,1H3,(H2,29,30). The Balaban J connectivity index is 1.58. The van der Waals surface area contributed by atoms with Gasteiger partial charge in [-0.15, -0.1) is 0 Å². The van der Waals surface area contributed by atoms with Crippen molar-refractivity contribution in [2.24, 2.45) is 16.5 Å². The van der Waals surface area contributed by atoms with Crippen molar-refractivity contribution in [1.82, 2.24) is 0 Å². The first-order chi connectivity index (χ1) is 15.4. The minimum absolute atomic E-state index is 0.143. The van der Waals surface area contributed by atoms with Gasteiger partial charge in [0.25, 0.3) is 0 Å². The smallest absolute Gasteiger partial charge is 0.153 e. The molecule has 7 heteroatoms. The summed E-state index contributed by atoms with van der Waals surface area (Å²) in [7, 11) is 0. The molecule has 3 aromatic rings. The zero-order chi connectivity index (χ0) is 22.7. The molecule has 0 radical (unpaired) electrons. The van der Waals surface area contributed by atoms with E-state index in [0.717, 1.165) is 5.56 Å². The van der Waals surface area contributed by atoms with E-state index in [1.807, 2.05) is 30.3 Å². The van der Waals surface area contributed by atoms with Crippen LogP contribution < -0.4 is 16.4 Å². The number of nitrogens with zero attached hydrogens (tertiary/aromatic N) is 2. The monoisotopic (exact) mass is 434 g/mol. The lowest BCUT2D eigenvalue weighted by Gasteiger charge is -2.36. The van der Waals surface area contributed by atoms with Gasteiger partial charge >= 0.3 is 0 Å². The predicted molar refractivity (Wildman–Crippen MR) is 121 cm³/mol. The Morgan fingerprint density at radius 2 is 1.66 bits per heavy atom. The number of amidine groups is 1. The lowest BCUT2D eigenvalue weighted by atomic mass is 10.1. The van der Waals surface area contributed by atoms with Crippen LogP contribution in [0.3, 0.4) is 0 Å². The first-order valence-electron chi connectivity index (χ1n) is 10.2. The van der Waals surface area contributed by atoms with E-state index < -0.39 is 12.0 Å². The molecule has 3 aromatic carbocycles. The van der Waals surface area contributed by atoms with Crippen LogP contribution in [-0.4, -0.2) is 5.84 Å². The van der Waals surface area contributed by atoms with E-state index in [-0.39, 0.29) is 18.3 Å². The lowest BCUT2D eigenvalue weighted by molar-refractivity contribution is 0.105. The zero-order valence-electron chi connectivity index (χ0n) is 17.6. The summed E-state index contributed by atoms with van der Waals surface area (Å²) >= 11 is 0. The van der Waals surface area contributed by atoms with Crippen molar-refractivity contribution in [1.29, 1.82) is 0 Å². The largest absolute Gasteiger partial charge is 0.394 e. The summed E-state index contributed by atoms with van der Waals surface area (Å²) in [6.07, 6.45) is -0.595. The van der Waals surface area contributed by atoms with E-state index in [2.05, 4.69) is 4.99 Å². The summed E-state index contributed by atoms with van der Waals surface area (Å²) in [6.45, 7) is 2.33. The maximum atomic E-state index is 15.0. The van der Waals surface area contributed by atoms with Gasteiger partial charge < -0.3 is 21.1 Å². The van der Waals surface area contributed by atoms with Crippen LogP contribution >= 0.6 is 0 Å². The molecule has 1 aliphatic heterocycles. The van der Waals surface area contributed by atoms with E-state index >= 15 is 0 Å². The molecule has 1 aliphatic rings. The molecule has 0 saturated heterocycles. The third-order valence-corrected chi connectivity index (χ3v) is 5.39. The molecule has 1 heterocycles. The van der Waals surface area contributed by atoms with Gasteiger partial charge in [-0.2, -0.15) is 0 Å². The van der Waals surface area contributed by atoms with Gasteiger partial charge in [-0.25, -0.2) is 13.8 Å². The molecule has 0 fully saturated rings. The molecule has 164 valence electrons. The fourth-order valence-corrected chi connectivity index (χ4v) is 3.61. The zero-order valence-corrected chi connectivity index (χ0v) is 17.6. The Morgan fingerprint density at radius 3 is 2.34 bits per heavy atom. The highest BCUT2D eigenvalue weighted by Crippen LogP contribution is 2.36. The van der Waals surface area contributed by atoms with Gasteiger partial charge in [-0.3, -0.25) is 0 Å². The van der Waals surface area contributed by atoms with Gasteiger partial charge in [0, 0.05) is 16.9 Å². The first-order valence-corrected chi connectivity index (χ1v) is 10.2. The number of anilines is 1. The highest BCUT2D eigenvalue weighted by Gasteiger charge is 2.29. The molecule has 4 rings (SSSR count). The quantitative estimate of drug-likeness (QED) is 0.587. The second kappa shape index (κ2) is 9.20. The molecule has 0 aliphatic carbocycles. The van der Waals surface area contributed by atoms with E-state index in [9.17, 15) is 8.78 Å². The molecule has 0 aromatic heterocycles. The SMILES string of the molecule is CC1=C(N)C(N)=NC(c2ccc(F)cc2)N1c1ccc(COCc2ccccc2)c(F)c1. The van der Waals surface area contributed by atoms with Gasteiger partial charge in [0.1, 0.15) is 17.5 Å². The molecule has 4 N–H and O–H groups in total. The molecular weight excluding hydrogens is 410 g/mol. The van der Waals surface area contributed by atoms with Crippen molar-refractivity contribution >= 4 is 11.5 Å².